The molecule has 0 aliphatic heterocycles. The van der Waals surface area contributed by atoms with E-state index in [1.807, 2.05) is 0 Å². The normalized spacial score (nSPS) is 11.3. The van der Waals surface area contributed by atoms with Crippen LogP contribution in [0.15, 0.2) is 36.4 Å². The Hall–Kier alpha value is -2.16. The van der Waals surface area contributed by atoms with Crippen molar-refractivity contribution in [2.45, 2.75) is 5.56 Å². The van der Waals surface area contributed by atoms with Crippen LogP contribution in [-0.4, -0.2) is 24.0 Å². The lowest BCUT2D eigenvalue weighted by molar-refractivity contribution is -0.146. The molecule has 0 saturated heterocycles. The van der Waals surface area contributed by atoms with E-state index in [2.05, 4.69) is 11.8 Å². The Morgan fingerprint density at radius 2 is 2.00 bits per heavy atom. The minimum absolute atomic E-state index is 0.185. The van der Waals surface area contributed by atoms with Crippen molar-refractivity contribution in [3.63, 3.8) is 0 Å². The monoisotopic (exact) mass is 327 g/mol. The molecule has 0 heterocycles. The van der Waals surface area contributed by atoms with Gasteiger partial charge in [-0.15, -0.1) is 0 Å². The molecule has 0 saturated carbocycles. The average Bonchev–Trinajstić information content (AvgIpc) is 2.44. The van der Waals surface area contributed by atoms with Crippen molar-refractivity contribution in [1.29, 1.82) is 0 Å². The summed E-state index contributed by atoms with van der Waals surface area (Å²) in [4.78, 5) is 21.9. The van der Waals surface area contributed by atoms with E-state index in [0.717, 1.165) is 6.08 Å². The van der Waals surface area contributed by atoms with Crippen LogP contribution in [0.4, 0.5) is 0 Å². The van der Waals surface area contributed by atoms with Gasteiger partial charge in [0.05, 0.1) is 0 Å². The van der Waals surface area contributed by atoms with Gasteiger partial charge in [0.15, 0.2) is 6.61 Å². The lowest BCUT2D eigenvalue weighted by Gasteiger charge is -2.10. The van der Waals surface area contributed by atoms with Gasteiger partial charge in [-0.05, 0) is 30.3 Å². The standard InChI is InChI=1S/C14H11Cl2NO4/c15-10-5-7-11(8-6-10)21-13(16)14(19)20-9-3-1-2-4-12(17)18/h2,4-8,13H,9H2,(H2,17,18). The predicted molar refractivity (Wildman–Crippen MR) is 78.8 cm³/mol. The number of hydrogen-bond donors (Lipinski definition) is 1. The second-order valence-electron chi connectivity index (χ2n) is 3.55. The van der Waals surface area contributed by atoms with Crippen molar-refractivity contribution in [2.75, 3.05) is 6.61 Å². The van der Waals surface area contributed by atoms with Gasteiger partial charge in [0.2, 0.25) is 5.91 Å². The number of alkyl halides is 1. The van der Waals surface area contributed by atoms with Crippen molar-refractivity contribution >= 4 is 35.1 Å². The summed E-state index contributed by atoms with van der Waals surface area (Å²) in [6, 6.07) is 6.34. The fourth-order valence-electron chi connectivity index (χ4n) is 1.08. The molecule has 110 valence electrons. The van der Waals surface area contributed by atoms with Gasteiger partial charge < -0.3 is 15.2 Å². The zero-order valence-electron chi connectivity index (χ0n) is 10.7. The van der Waals surface area contributed by atoms with Gasteiger partial charge in [0.25, 0.3) is 5.56 Å². The number of halogens is 2. The first kappa shape index (κ1) is 16.9. The highest BCUT2D eigenvalue weighted by atomic mass is 35.5. The SMILES string of the molecule is NC(=O)C=CC#CCOC(=O)C(Cl)Oc1ccc(Cl)cc1. The molecule has 0 bridgehead atoms. The quantitative estimate of drug-likeness (QED) is 0.387. The zero-order chi connectivity index (χ0) is 15.7. The Morgan fingerprint density at radius 1 is 1.33 bits per heavy atom. The van der Waals surface area contributed by atoms with Gasteiger partial charge in [-0.2, -0.15) is 0 Å². The van der Waals surface area contributed by atoms with Crippen LogP contribution in [0.3, 0.4) is 0 Å². The smallest absolute Gasteiger partial charge is 0.364 e. The average molecular weight is 328 g/mol. The lowest BCUT2D eigenvalue weighted by atomic mass is 10.3. The van der Waals surface area contributed by atoms with Gasteiger partial charge in [0.1, 0.15) is 5.75 Å². The zero-order valence-corrected chi connectivity index (χ0v) is 12.2. The Labute approximate surface area is 131 Å². The third kappa shape index (κ3) is 7.25. The van der Waals surface area contributed by atoms with E-state index in [0.29, 0.717) is 10.8 Å². The molecule has 21 heavy (non-hydrogen) atoms. The third-order valence-corrected chi connectivity index (χ3v) is 2.48. The van der Waals surface area contributed by atoms with E-state index in [9.17, 15) is 9.59 Å². The fourth-order valence-corrected chi connectivity index (χ4v) is 1.37. The fraction of sp³-hybridized carbons (Fsp3) is 0.143. The number of carbonyl (C=O) groups excluding carboxylic acids is 2. The number of allylic oxidation sites excluding steroid dienone is 1. The first-order valence-corrected chi connectivity index (χ1v) is 6.48. The van der Waals surface area contributed by atoms with Crippen molar-refractivity contribution in [2.24, 2.45) is 5.73 Å². The van der Waals surface area contributed by atoms with Crippen LogP contribution in [0.2, 0.25) is 5.02 Å². The van der Waals surface area contributed by atoms with Gasteiger partial charge in [-0.1, -0.05) is 35.0 Å². The second-order valence-corrected chi connectivity index (χ2v) is 4.39. The van der Waals surface area contributed by atoms with Crippen molar-refractivity contribution in [3.05, 3.63) is 41.4 Å². The maximum atomic E-state index is 11.5. The van der Waals surface area contributed by atoms with Crippen LogP contribution in [0, 0.1) is 11.8 Å². The van der Waals surface area contributed by atoms with Gasteiger partial charge in [-0.25, -0.2) is 4.79 Å². The van der Waals surface area contributed by atoms with Gasteiger partial charge in [0, 0.05) is 11.1 Å². The van der Waals surface area contributed by atoms with Crippen LogP contribution in [-0.2, 0) is 14.3 Å². The van der Waals surface area contributed by atoms with Crippen LogP contribution in [0.5, 0.6) is 5.75 Å². The number of primary amides is 1. The Morgan fingerprint density at radius 3 is 2.62 bits per heavy atom. The molecule has 2 N–H and O–H groups in total. The molecule has 5 nitrogen and oxygen atoms in total. The summed E-state index contributed by atoms with van der Waals surface area (Å²) in [6.45, 7) is -0.185. The summed E-state index contributed by atoms with van der Waals surface area (Å²) >= 11 is 11.4. The molecule has 1 rings (SSSR count). The van der Waals surface area contributed by atoms with Crippen LogP contribution < -0.4 is 10.5 Å². The van der Waals surface area contributed by atoms with Crippen molar-refractivity contribution < 1.29 is 19.1 Å². The number of amides is 1. The van der Waals surface area contributed by atoms with Crippen LogP contribution in [0.25, 0.3) is 0 Å². The number of carbonyl (C=O) groups is 2. The summed E-state index contributed by atoms with van der Waals surface area (Å²) < 4.78 is 9.91. The topological polar surface area (TPSA) is 78.6 Å². The molecule has 0 aliphatic rings. The van der Waals surface area contributed by atoms with Gasteiger partial charge in [-0.3, -0.25) is 4.79 Å². The molecule has 1 atom stereocenters. The molecule has 0 aromatic heterocycles. The minimum atomic E-state index is -1.30. The van der Waals surface area contributed by atoms with Crippen LogP contribution >= 0.6 is 23.2 Å². The molecule has 1 amide bonds. The number of rotatable bonds is 5. The molecule has 7 heteroatoms. The Bertz CT molecular complexity index is 587. The van der Waals surface area contributed by atoms with E-state index in [4.69, 9.17) is 38.4 Å². The molecule has 0 aliphatic carbocycles. The maximum absolute atomic E-state index is 11.5. The minimum Gasteiger partial charge on any atom is -0.463 e. The first-order valence-electron chi connectivity index (χ1n) is 5.66. The highest BCUT2D eigenvalue weighted by molar-refractivity contribution is 6.30. The van der Waals surface area contributed by atoms with E-state index in [1.54, 1.807) is 24.3 Å². The number of hydrogen-bond acceptors (Lipinski definition) is 4. The summed E-state index contributed by atoms with van der Waals surface area (Å²) in [5.74, 6) is 3.93. The predicted octanol–water partition coefficient (Wildman–Crippen LogP) is 1.87. The molecule has 1 aromatic carbocycles. The Balaban J connectivity index is 2.37. The van der Waals surface area contributed by atoms with Gasteiger partial charge >= 0.3 is 5.97 Å². The molecule has 0 radical (unpaired) electrons. The maximum Gasteiger partial charge on any atom is 0.364 e. The largest absolute Gasteiger partial charge is 0.463 e. The summed E-state index contributed by atoms with van der Waals surface area (Å²) in [5, 5.41) is 0.537. The first-order chi connectivity index (χ1) is 9.99. The Kier molecular flexibility index (Phi) is 7.16. The van der Waals surface area contributed by atoms with E-state index < -0.39 is 17.4 Å². The highest BCUT2D eigenvalue weighted by Gasteiger charge is 2.18. The molecule has 0 spiro atoms. The van der Waals surface area contributed by atoms with E-state index in [1.165, 1.54) is 6.08 Å². The van der Waals surface area contributed by atoms with E-state index in [-0.39, 0.29) is 6.61 Å². The van der Waals surface area contributed by atoms with Crippen molar-refractivity contribution in [3.8, 4) is 17.6 Å². The number of esters is 1. The lowest BCUT2D eigenvalue weighted by Crippen LogP contribution is -2.23. The highest BCUT2D eigenvalue weighted by Crippen LogP contribution is 2.18. The molecule has 0 fully saturated rings. The number of nitrogens with two attached hydrogens (primary N) is 1. The second kappa shape index (κ2) is 8.90. The third-order valence-electron chi connectivity index (χ3n) is 1.96. The van der Waals surface area contributed by atoms with E-state index >= 15 is 0 Å². The molecule has 1 unspecified atom stereocenters. The number of ether oxygens (including phenoxy) is 2. The molecule has 1 aromatic rings. The molecular formula is C14H11Cl2NO4. The van der Waals surface area contributed by atoms with Crippen LogP contribution in [0.1, 0.15) is 0 Å². The van der Waals surface area contributed by atoms with Crippen molar-refractivity contribution in [1.82, 2.24) is 0 Å². The summed E-state index contributed by atoms with van der Waals surface area (Å²) in [5.41, 5.74) is 3.56. The molecular weight excluding hydrogens is 317 g/mol. The number of benzene rings is 1. The summed E-state index contributed by atoms with van der Waals surface area (Å²) in [6.07, 6.45) is 2.33. The summed E-state index contributed by atoms with van der Waals surface area (Å²) in [7, 11) is 0.